The van der Waals surface area contributed by atoms with Gasteiger partial charge < -0.3 is 25.2 Å². The molecule has 2 aliphatic heterocycles. The van der Waals surface area contributed by atoms with Crippen LogP contribution >= 0.6 is 0 Å². The Morgan fingerprint density at radius 3 is 2.53 bits per heavy atom. The zero-order valence-electron chi connectivity index (χ0n) is 20.3. The van der Waals surface area contributed by atoms with Gasteiger partial charge in [0, 0.05) is 52.0 Å². The summed E-state index contributed by atoms with van der Waals surface area (Å²) in [7, 11) is 5.79. The molecule has 1 atom stereocenters. The van der Waals surface area contributed by atoms with Crippen LogP contribution < -0.4 is 20.3 Å². The molecule has 0 aliphatic carbocycles. The molecule has 1 unspecified atom stereocenters. The number of carbonyl (C=O) groups is 2. The standard InChI is InChI=1S/C26H35N5O3/c1-29-13-15-31(16-14-29)23(20-10-11-22-19(17-20)7-6-12-30(22)2)18-27-25(32)26(33)28-21-8-4-5-9-24(21)34-3/h4-5,8-11,17,23H,6-7,12-16,18H2,1-3H3,(H,27,32)(H,28,33). The Hall–Kier alpha value is -3.10. The second-order valence-electron chi connectivity index (χ2n) is 9.13. The third-order valence-corrected chi connectivity index (χ3v) is 6.84. The largest absolute Gasteiger partial charge is 0.495 e. The van der Waals surface area contributed by atoms with Crippen molar-refractivity contribution in [3.05, 3.63) is 53.6 Å². The fourth-order valence-electron chi connectivity index (χ4n) is 4.80. The Morgan fingerprint density at radius 1 is 1.00 bits per heavy atom. The summed E-state index contributed by atoms with van der Waals surface area (Å²) in [6, 6.07) is 13.7. The van der Waals surface area contributed by atoms with Crippen LogP contribution in [0.15, 0.2) is 42.5 Å². The van der Waals surface area contributed by atoms with Crippen LogP contribution in [-0.2, 0) is 16.0 Å². The molecule has 2 N–H and O–H groups in total. The summed E-state index contributed by atoms with van der Waals surface area (Å²) in [6.07, 6.45) is 2.21. The van der Waals surface area contributed by atoms with E-state index < -0.39 is 11.8 Å². The van der Waals surface area contributed by atoms with Crippen molar-refractivity contribution in [2.24, 2.45) is 0 Å². The van der Waals surface area contributed by atoms with E-state index in [9.17, 15) is 9.59 Å². The highest BCUT2D eigenvalue weighted by Crippen LogP contribution is 2.31. The average molecular weight is 466 g/mol. The molecule has 1 fully saturated rings. The first-order chi connectivity index (χ1) is 16.5. The van der Waals surface area contributed by atoms with Crippen molar-refractivity contribution >= 4 is 23.2 Å². The lowest BCUT2D eigenvalue weighted by molar-refractivity contribution is -0.136. The molecule has 2 amide bonds. The van der Waals surface area contributed by atoms with E-state index in [2.05, 4.69) is 57.6 Å². The monoisotopic (exact) mass is 465 g/mol. The Morgan fingerprint density at radius 2 is 1.76 bits per heavy atom. The summed E-state index contributed by atoms with van der Waals surface area (Å²) in [5.41, 5.74) is 4.29. The number of hydrogen-bond acceptors (Lipinski definition) is 6. The number of aryl methyl sites for hydroxylation is 1. The number of fused-ring (bicyclic) bond motifs is 1. The summed E-state index contributed by atoms with van der Waals surface area (Å²) >= 11 is 0. The zero-order valence-corrected chi connectivity index (χ0v) is 20.3. The highest BCUT2D eigenvalue weighted by atomic mass is 16.5. The van der Waals surface area contributed by atoms with E-state index in [0.29, 0.717) is 18.0 Å². The number of amides is 2. The SMILES string of the molecule is COc1ccccc1NC(=O)C(=O)NCC(c1ccc2c(c1)CCCN2C)N1CCN(C)CC1. The number of methoxy groups -OCH3 is 1. The minimum Gasteiger partial charge on any atom is -0.495 e. The molecule has 0 aromatic heterocycles. The average Bonchev–Trinajstić information content (AvgIpc) is 2.85. The lowest BCUT2D eigenvalue weighted by Gasteiger charge is -2.39. The Labute approximate surface area is 201 Å². The van der Waals surface area contributed by atoms with Crippen LogP contribution in [0.5, 0.6) is 5.75 Å². The molecule has 8 heteroatoms. The molecule has 2 aromatic rings. The summed E-state index contributed by atoms with van der Waals surface area (Å²) in [5.74, 6) is -0.839. The number of anilines is 2. The van der Waals surface area contributed by atoms with Crippen molar-refractivity contribution in [2.45, 2.75) is 18.9 Å². The number of rotatable bonds is 6. The molecule has 0 bridgehead atoms. The quantitative estimate of drug-likeness (QED) is 0.637. The second-order valence-corrected chi connectivity index (χ2v) is 9.13. The molecule has 8 nitrogen and oxygen atoms in total. The molecule has 1 saturated heterocycles. The number of hydrogen-bond donors (Lipinski definition) is 2. The van der Waals surface area contributed by atoms with Crippen LogP contribution in [0.1, 0.15) is 23.6 Å². The van der Waals surface area contributed by atoms with Gasteiger partial charge in [0.1, 0.15) is 5.75 Å². The Bertz CT molecular complexity index is 1020. The van der Waals surface area contributed by atoms with Gasteiger partial charge in [0.05, 0.1) is 18.8 Å². The number of carbonyl (C=O) groups excluding carboxylic acids is 2. The van der Waals surface area contributed by atoms with Crippen molar-refractivity contribution < 1.29 is 14.3 Å². The van der Waals surface area contributed by atoms with Crippen LogP contribution in [0.2, 0.25) is 0 Å². The molecule has 34 heavy (non-hydrogen) atoms. The molecular formula is C26H35N5O3. The lowest BCUT2D eigenvalue weighted by atomic mass is 9.95. The van der Waals surface area contributed by atoms with Gasteiger partial charge in [0.2, 0.25) is 0 Å². The van der Waals surface area contributed by atoms with Crippen molar-refractivity contribution in [1.82, 2.24) is 15.1 Å². The number of para-hydroxylation sites is 2. The molecule has 4 rings (SSSR count). The third kappa shape index (κ3) is 5.51. The second kappa shape index (κ2) is 10.9. The van der Waals surface area contributed by atoms with E-state index in [4.69, 9.17) is 4.74 Å². The van der Waals surface area contributed by atoms with Crippen molar-refractivity contribution in [1.29, 1.82) is 0 Å². The first-order valence-corrected chi connectivity index (χ1v) is 11.9. The first-order valence-electron chi connectivity index (χ1n) is 11.9. The fourth-order valence-corrected chi connectivity index (χ4v) is 4.80. The molecule has 0 radical (unpaired) electrons. The van der Waals surface area contributed by atoms with E-state index in [1.807, 2.05) is 6.07 Å². The highest BCUT2D eigenvalue weighted by molar-refractivity contribution is 6.39. The summed E-state index contributed by atoms with van der Waals surface area (Å²) in [5, 5.41) is 5.53. The minimum atomic E-state index is -0.700. The number of nitrogens with zero attached hydrogens (tertiary/aromatic N) is 3. The number of benzene rings is 2. The minimum absolute atomic E-state index is 0.00856. The maximum atomic E-state index is 12.7. The van der Waals surface area contributed by atoms with Crippen LogP contribution in [0.25, 0.3) is 0 Å². The van der Waals surface area contributed by atoms with Gasteiger partial charge in [-0.3, -0.25) is 14.5 Å². The maximum absolute atomic E-state index is 12.7. The number of piperazine rings is 1. The van der Waals surface area contributed by atoms with Crippen LogP contribution in [-0.4, -0.2) is 82.1 Å². The molecular weight excluding hydrogens is 430 g/mol. The van der Waals surface area contributed by atoms with Gasteiger partial charge >= 0.3 is 11.8 Å². The molecule has 2 aromatic carbocycles. The highest BCUT2D eigenvalue weighted by Gasteiger charge is 2.27. The van der Waals surface area contributed by atoms with Crippen LogP contribution in [0.3, 0.4) is 0 Å². The van der Waals surface area contributed by atoms with Gasteiger partial charge in [-0.15, -0.1) is 0 Å². The van der Waals surface area contributed by atoms with Gasteiger partial charge in [-0.2, -0.15) is 0 Å². The molecule has 0 saturated carbocycles. The predicted octanol–water partition coefficient (Wildman–Crippen LogP) is 2.12. The van der Waals surface area contributed by atoms with Gasteiger partial charge in [0.15, 0.2) is 0 Å². The fraction of sp³-hybridized carbons (Fsp3) is 0.462. The summed E-state index contributed by atoms with van der Waals surface area (Å²) < 4.78 is 5.26. The van der Waals surface area contributed by atoms with Crippen LogP contribution in [0.4, 0.5) is 11.4 Å². The van der Waals surface area contributed by atoms with E-state index in [1.54, 1.807) is 18.2 Å². The Kier molecular flexibility index (Phi) is 7.70. The van der Waals surface area contributed by atoms with Gasteiger partial charge in [0.25, 0.3) is 0 Å². The number of likely N-dealkylation sites (N-methyl/N-ethyl adjacent to an activating group) is 1. The first kappa shape index (κ1) is 24.0. The van der Waals surface area contributed by atoms with Crippen molar-refractivity contribution in [3.8, 4) is 5.75 Å². The maximum Gasteiger partial charge on any atom is 0.313 e. The van der Waals surface area contributed by atoms with Crippen LogP contribution in [0, 0.1) is 0 Å². The Balaban J connectivity index is 1.47. The van der Waals surface area contributed by atoms with E-state index in [0.717, 1.165) is 45.6 Å². The van der Waals surface area contributed by atoms with E-state index in [-0.39, 0.29) is 6.04 Å². The smallest absolute Gasteiger partial charge is 0.313 e. The van der Waals surface area contributed by atoms with Crippen molar-refractivity contribution in [3.63, 3.8) is 0 Å². The predicted molar refractivity (Wildman–Crippen MR) is 134 cm³/mol. The molecule has 0 spiro atoms. The molecule has 2 aliphatic rings. The normalized spacial score (nSPS) is 17.6. The number of nitrogens with one attached hydrogen (secondary N) is 2. The van der Waals surface area contributed by atoms with E-state index in [1.165, 1.54) is 23.9 Å². The lowest BCUT2D eigenvalue weighted by Crippen LogP contribution is -2.49. The van der Waals surface area contributed by atoms with Crippen molar-refractivity contribution in [2.75, 3.05) is 70.7 Å². The molecule has 182 valence electrons. The topological polar surface area (TPSA) is 77.1 Å². The summed E-state index contributed by atoms with van der Waals surface area (Å²) in [6.45, 7) is 5.24. The van der Waals surface area contributed by atoms with Gasteiger partial charge in [-0.05, 0) is 49.2 Å². The number of ether oxygens (including phenoxy) is 1. The molecule has 2 heterocycles. The van der Waals surface area contributed by atoms with E-state index >= 15 is 0 Å². The van der Waals surface area contributed by atoms with Gasteiger partial charge in [-0.1, -0.05) is 24.3 Å². The summed E-state index contributed by atoms with van der Waals surface area (Å²) in [4.78, 5) is 32.3. The van der Waals surface area contributed by atoms with Gasteiger partial charge in [-0.25, -0.2) is 0 Å². The third-order valence-electron chi connectivity index (χ3n) is 6.84. The zero-order chi connectivity index (χ0) is 24.1.